The Bertz CT molecular complexity index is 742. The Hall–Kier alpha value is -3.48. The number of carbonyl (C=O) groups excluding carboxylic acids is 3. The minimum Gasteiger partial charge on any atom is -0.507 e. The van der Waals surface area contributed by atoms with Crippen LogP contribution in [0.5, 0.6) is 0 Å². The molecule has 2 aromatic rings. The first-order chi connectivity index (χ1) is 11.1. The van der Waals surface area contributed by atoms with Gasteiger partial charge in [-0.25, -0.2) is 0 Å². The van der Waals surface area contributed by atoms with Gasteiger partial charge in [-0.15, -0.1) is 0 Å². The molecule has 0 saturated carbocycles. The number of aliphatic hydroxyl groups excluding tert-OH is 1. The van der Waals surface area contributed by atoms with Crippen molar-refractivity contribution >= 4 is 23.4 Å². The van der Waals surface area contributed by atoms with Gasteiger partial charge in [0.15, 0.2) is 0 Å². The largest absolute Gasteiger partial charge is 0.507 e. The van der Waals surface area contributed by atoms with E-state index < -0.39 is 17.6 Å². The number of hydrogen-bond donors (Lipinski definition) is 3. The number of carbonyl (C=O) groups is 3. The fraction of sp³-hybridized carbons (Fsp3) is 0. The summed E-state index contributed by atoms with van der Waals surface area (Å²) >= 11 is 0. The molecular weight excluding hydrogens is 298 g/mol. The summed E-state index contributed by atoms with van der Waals surface area (Å²) in [7, 11) is 0. The van der Waals surface area contributed by atoms with Gasteiger partial charge in [0.25, 0.3) is 5.91 Å². The fourth-order valence-corrected chi connectivity index (χ4v) is 1.63. The number of hydrazine groups is 1. The number of nitrogens with one attached hydrogen (secondary N) is 2. The third-order valence-electron chi connectivity index (χ3n) is 2.79. The molecule has 2 rings (SSSR count). The van der Waals surface area contributed by atoms with Crippen molar-refractivity contribution in [2.45, 2.75) is 0 Å². The van der Waals surface area contributed by atoms with Crippen LogP contribution in [0, 0.1) is 0 Å². The van der Waals surface area contributed by atoms with Crippen LogP contribution in [0.4, 0.5) is 0 Å². The zero-order valence-electron chi connectivity index (χ0n) is 11.9. The molecule has 0 fully saturated rings. The number of aromatic nitrogens is 1. The Morgan fingerprint density at radius 3 is 2.22 bits per heavy atom. The predicted octanol–water partition coefficient (Wildman–Crippen LogP) is 1.01. The molecule has 0 unspecified atom stereocenters. The molecule has 0 aliphatic rings. The molecular formula is C16H13N3O4. The zero-order chi connectivity index (χ0) is 16.7. The fourth-order valence-electron chi connectivity index (χ4n) is 1.63. The van der Waals surface area contributed by atoms with Crippen molar-refractivity contribution in [3.8, 4) is 0 Å². The van der Waals surface area contributed by atoms with E-state index in [9.17, 15) is 19.5 Å². The van der Waals surface area contributed by atoms with Gasteiger partial charge in [0.05, 0.1) is 0 Å². The maximum Gasteiger partial charge on any atom is 0.310 e. The molecule has 0 bridgehead atoms. The molecule has 0 aliphatic heterocycles. The Balaban J connectivity index is 1.93. The molecule has 1 heterocycles. The van der Waals surface area contributed by atoms with Crippen LogP contribution in [0.1, 0.15) is 15.9 Å². The molecule has 7 heteroatoms. The molecule has 116 valence electrons. The number of nitrogens with zero attached hydrogens (tertiary/aromatic N) is 1. The molecule has 0 aliphatic carbocycles. The maximum atomic E-state index is 11.7. The van der Waals surface area contributed by atoms with Crippen LogP contribution < -0.4 is 10.9 Å². The minimum atomic E-state index is -1.07. The lowest BCUT2D eigenvalue weighted by atomic mass is 10.1. The second-order valence-corrected chi connectivity index (χ2v) is 4.40. The number of benzene rings is 1. The average Bonchev–Trinajstić information content (AvgIpc) is 2.60. The van der Waals surface area contributed by atoms with Gasteiger partial charge in [0, 0.05) is 29.6 Å². The highest BCUT2D eigenvalue weighted by Gasteiger charge is 2.14. The second-order valence-electron chi connectivity index (χ2n) is 4.40. The molecule has 2 amide bonds. The third-order valence-corrected chi connectivity index (χ3v) is 2.79. The van der Waals surface area contributed by atoms with Crippen LogP contribution in [-0.2, 0) is 9.59 Å². The number of ketones is 1. The Kier molecular flexibility index (Phi) is 5.19. The summed E-state index contributed by atoms with van der Waals surface area (Å²) in [6, 6.07) is 11.2. The van der Waals surface area contributed by atoms with Crippen LogP contribution in [0.2, 0.25) is 0 Å². The highest BCUT2D eigenvalue weighted by molar-refractivity contribution is 6.41. The van der Waals surface area contributed by atoms with Crippen LogP contribution in [-0.4, -0.2) is 27.7 Å². The maximum absolute atomic E-state index is 11.7. The highest BCUT2D eigenvalue weighted by Crippen LogP contribution is 2.09. The quantitative estimate of drug-likeness (QED) is 0.338. The minimum absolute atomic E-state index is 0.274. The summed E-state index contributed by atoms with van der Waals surface area (Å²) in [5.41, 5.74) is 4.74. The Morgan fingerprint density at radius 1 is 0.913 bits per heavy atom. The lowest BCUT2D eigenvalue weighted by Gasteiger charge is -2.05. The van der Waals surface area contributed by atoms with E-state index in [1.807, 2.05) is 5.43 Å². The molecule has 0 atom stereocenters. The van der Waals surface area contributed by atoms with Crippen molar-refractivity contribution in [1.82, 2.24) is 15.8 Å². The molecule has 7 nitrogen and oxygen atoms in total. The van der Waals surface area contributed by atoms with E-state index >= 15 is 0 Å². The van der Waals surface area contributed by atoms with Gasteiger partial charge in [0.1, 0.15) is 5.76 Å². The summed E-state index contributed by atoms with van der Waals surface area (Å²) in [6.45, 7) is 0. The standard InChI is InChI=1S/C16H13N3O4/c20-13(11-4-2-1-3-5-11)10-14(21)16(23)19-18-15(22)12-6-8-17-9-7-12/h1-10,20H,(H,18,22)(H,19,23)/b13-10+. The summed E-state index contributed by atoms with van der Waals surface area (Å²) in [6.07, 6.45) is 3.62. The summed E-state index contributed by atoms with van der Waals surface area (Å²) in [5, 5.41) is 9.76. The van der Waals surface area contributed by atoms with E-state index in [2.05, 4.69) is 10.4 Å². The van der Waals surface area contributed by atoms with E-state index in [1.165, 1.54) is 24.5 Å². The van der Waals surface area contributed by atoms with Gasteiger partial charge in [-0.1, -0.05) is 30.3 Å². The van der Waals surface area contributed by atoms with E-state index in [4.69, 9.17) is 0 Å². The Morgan fingerprint density at radius 2 is 1.57 bits per heavy atom. The van der Waals surface area contributed by atoms with Gasteiger partial charge >= 0.3 is 5.91 Å². The lowest BCUT2D eigenvalue weighted by Crippen LogP contribution is -2.44. The van der Waals surface area contributed by atoms with Crippen LogP contribution >= 0.6 is 0 Å². The van der Waals surface area contributed by atoms with Crippen LogP contribution in [0.3, 0.4) is 0 Å². The predicted molar refractivity (Wildman–Crippen MR) is 81.9 cm³/mol. The van der Waals surface area contributed by atoms with Gasteiger partial charge in [-0.05, 0) is 12.1 Å². The normalized spacial score (nSPS) is 10.7. The van der Waals surface area contributed by atoms with Gasteiger partial charge in [0.2, 0.25) is 5.78 Å². The van der Waals surface area contributed by atoms with E-state index in [0.29, 0.717) is 5.56 Å². The summed E-state index contributed by atoms with van der Waals surface area (Å²) < 4.78 is 0. The van der Waals surface area contributed by atoms with Crippen LogP contribution in [0.15, 0.2) is 60.9 Å². The van der Waals surface area contributed by atoms with Gasteiger partial charge < -0.3 is 5.11 Å². The lowest BCUT2D eigenvalue weighted by molar-refractivity contribution is -0.135. The molecule has 3 N–H and O–H groups in total. The molecule has 1 aromatic carbocycles. The van der Waals surface area contributed by atoms with Gasteiger partial charge in [-0.2, -0.15) is 0 Å². The van der Waals surface area contributed by atoms with Crippen molar-refractivity contribution in [2.24, 2.45) is 0 Å². The topological polar surface area (TPSA) is 108 Å². The first-order valence-electron chi connectivity index (χ1n) is 6.58. The van der Waals surface area contributed by atoms with Gasteiger partial charge in [-0.3, -0.25) is 30.2 Å². The van der Waals surface area contributed by atoms with Crippen molar-refractivity contribution < 1.29 is 19.5 Å². The van der Waals surface area contributed by atoms with Crippen LogP contribution in [0.25, 0.3) is 5.76 Å². The van der Waals surface area contributed by atoms with Crippen molar-refractivity contribution in [1.29, 1.82) is 0 Å². The highest BCUT2D eigenvalue weighted by atomic mass is 16.3. The van der Waals surface area contributed by atoms with E-state index in [-0.39, 0.29) is 11.3 Å². The van der Waals surface area contributed by atoms with E-state index in [0.717, 1.165) is 6.08 Å². The first-order valence-corrected chi connectivity index (χ1v) is 6.58. The molecule has 0 radical (unpaired) electrons. The molecule has 0 spiro atoms. The average molecular weight is 311 g/mol. The number of pyridine rings is 1. The number of hydrogen-bond acceptors (Lipinski definition) is 5. The summed E-state index contributed by atoms with van der Waals surface area (Å²) in [4.78, 5) is 38.7. The number of rotatable bonds is 4. The number of aliphatic hydroxyl groups is 1. The second kappa shape index (κ2) is 7.51. The van der Waals surface area contributed by atoms with Crippen molar-refractivity contribution in [2.75, 3.05) is 0 Å². The molecule has 23 heavy (non-hydrogen) atoms. The van der Waals surface area contributed by atoms with Crippen molar-refractivity contribution in [3.05, 3.63) is 72.1 Å². The monoisotopic (exact) mass is 311 g/mol. The molecule has 0 saturated heterocycles. The number of amides is 2. The summed E-state index contributed by atoms with van der Waals surface area (Å²) in [5.74, 6) is -3.01. The first kappa shape index (κ1) is 15.9. The SMILES string of the molecule is O=C(/C=C(/O)c1ccccc1)C(=O)NNC(=O)c1ccncc1. The Labute approximate surface area is 131 Å². The molecule has 1 aromatic heterocycles. The smallest absolute Gasteiger partial charge is 0.310 e. The van der Waals surface area contributed by atoms with E-state index in [1.54, 1.807) is 30.3 Å². The third kappa shape index (κ3) is 4.50. The van der Waals surface area contributed by atoms with Crippen molar-refractivity contribution in [3.63, 3.8) is 0 Å². The zero-order valence-corrected chi connectivity index (χ0v) is 11.9.